The van der Waals surface area contributed by atoms with E-state index < -0.39 is 0 Å². The molecule has 4 rings (SSSR count). The first-order valence-corrected chi connectivity index (χ1v) is 8.44. The number of rotatable bonds is 1. The summed E-state index contributed by atoms with van der Waals surface area (Å²) in [6, 6.07) is 7.90. The molecule has 118 valence electrons. The third-order valence-corrected chi connectivity index (χ3v) is 5.48. The lowest BCUT2D eigenvalue weighted by Crippen LogP contribution is -2.31. The van der Waals surface area contributed by atoms with Gasteiger partial charge in [-0.25, -0.2) is 9.66 Å². The molecule has 1 aromatic carbocycles. The minimum Gasteiger partial charge on any atom is -0.334 e. The summed E-state index contributed by atoms with van der Waals surface area (Å²) in [5.41, 5.74) is 2.98. The molecular weight excluding hydrogens is 308 g/mol. The number of nitrogen functional groups attached to an aromatic ring is 1. The lowest BCUT2D eigenvalue weighted by atomic mass is 10.1. The largest absolute Gasteiger partial charge is 0.334 e. The minimum absolute atomic E-state index is 0.145. The van der Waals surface area contributed by atoms with Gasteiger partial charge in [0.2, 0.25) is 0 Å². The molecule has 1 aliphatic rings. The second kappa shape index (κ2) is 5.18. The Morgan fingerprint density at radius 2 is 2.17 bits per heavy atom. The molecule has 3 heterocycles. The van der Waals surface area contributed by atoms with Gasteiger partial charge >= 0.3 is 0 Å². The van der Waals surface area contributed by atoms with Crippen LogP contribution in [0.1, 0.15) is 16.0 Å². The van der Waals surface area contributed by atoms with Crippen LogP contribution in [0.15, 0.2) is 29.1 Å². The van der Waals surface area contributed by atoms with E-state index >= 15 is 0 Å². The summed E-state index contributed by atoms with van der Waals surface area (Å²) in [5.74, 6) is 6.61. The Bertz CT molecular complexity index is 973. The Hall–Kier alpha value is -2.18. The fourth-order valence-electron chi connectivity index (χ4n) is 3.17. The maximum atomic E-state index is 12.8. The number of aryl methyl sites for hydroxylation is 1. The fraction of sp³-hybridized carbons (Fsp3) is 0.294. The lowest BCUT2D eigenvalue weighted by molar-refractivity contribution is 0.318. The third kappa shape index (κ3) is 2.26. The maximum absolute atomic E-state index is 12.8. The predicted molar refractivity (Wildman–Crippen MR) is 94.2 cm³/mol. The zero-order chi connectivity index (χ0) is 16.1. The smallest absolute Gasteiger partial charge is 0.281 e. The van der Waals surface area contributed by atoms with Crippen LogP contribution in [0.5, 0.6) is 0 Å². The summed E-state index contributed by atoms with van der Waals surface area (Å²) in [6.07, 6.45) is 0.881. The number of benzene rings is 1. The van der Waals surface area contributed by atoms with E-state index in [0.717, 1.165) is 41.0 Å². The van der Waals surface area contributed by atoms with Crippen LogP contribution >= 0.6 is 11.3 Å². The molecule has 3 aromatic rings. The average molecular weight is 326 g/mol. The van der Waals surface area contributed by atoms with Gasteiger partial charge in [0.15, 0.2) is 5.82 Å². The number of hydrogen-bond donors (Lipinski definition) is 1. The van der Waals surface area contributed by atoms with E-state index in [1.165, 1.54) is 9.55 Å². The minimum atomic E-state index is -0.145. The summed E-state index contributed by atoms with van der Waals surface area (Å²) in [5, 5.41) is 0.706. The van der Waals surface area contributed by atoms with Gasteiger partial charge < -0.3 is 10.7 Å². The molecule has 0 amide bonds. The van der Waals surface area contributed by atoms with Crippen molar-refractivity contribution in [2.45, 2.75) is 19.9 Å². The monoisotopic (exact) mass is 326 g/mol. The molecule has 0 saturated heterocycles. The molecule has 0 fully saturated rings. The van der Waals surface area contributed by atoms with Crippen LogP contribution in [0.3, 0.4) is 0 Å². The van der Waals surface area contributed by atoms with Gasteiger partial charge in [0.05, 0.1) is 5.39 Å². The number of hydrogen-bond acceptors (Lipinski definition) is 5. The van der Waals surface area contributed by atoms with Gasteiger partial charge in [-0.3, -0.25) is 4.79 Å². The van der Waals surface area contributed by atoms with Gasteiger partial charge in [0.25, 0.3) is 5.56 Å². The van der Waals surface area contributed by atoms with Crippen molar-refractivity contribution in [2.75, 3.05) is 19.4 Å². The van der Waals surface area contributed by atoms with Crippen LogP contribution in [-0.2, 0) is 13.0 Å². The van der Waals surface area contributed by atoms with Crippen molar-refractivity contribution in [1.82, 2.24) is 14.6 Å². The number of nitrogens with two attached hydrogens (primary N) is 1. The lowest BCUT2D eigenvalue weighted by Gasteiger charge is -2.21. The molecule has 0 radical (unpaired) electrons. The summed E-state index contributed by atoms with van der Waals surface area (Å²) in [7, 11) is 2.10. The second-order valence-corrected chi connectivity index (χ2v) is 7.24. The van der Waals surface area contributed by atoms with E-state index in [1.54, 1.807) is 11.3 Å². The average Bonchev–Trinajstić information content (AvgIpc) is 2.88. The zero-order valence-electron chi connectivity index (χ0n) is 13.2. The van der Waals surface area contributed by atoms with Crippen molar-refractivity contribution in [2.24, 2.45) is 0 Å². The normalized spacial score (nSPS) is 15.0. The van der Waals surface area contributed by atoms with Crippen molar-refractivity contribution < 1.29 is 0 Å². The van der Waals surface area contributed by atoms with Crippen molar-refractivity contribution in [3.05, 3.63) is 50.6 Å². The van der Waals surface area contributed by atoms with E-state index in [9.17, 15) is 4.79 Å². The molecule has 0 saturated carbocycles. The first-order valence-electron chi connectivity index (χ1n) is 7.62. The van der Waals surface area contributed by atoms with E-state index in [2.05, 4.69) is 11.9 Å². The van der Waals surface area contributed by atoms with Crippen LogP contribution in [0.4, 0.5) is 0 Å². The first-order chi connectivity index (χ1) is 11.0. The first kappa shape index (κ1) is 14.4. The highest BCUT2D eigenvalue weighted by molar-refractivity contribution is 7.18. The van der Waals surface area contributed by atoms with Crippen molar-refractivity contribution in [3.63, 3.8) is 0 Å². The van der Waals surface area contributed by atoms with Crippen LogP contribution in [0.25, 0.3) is 21.6 Å². The molecule has 0 aliphatic carbocycles. The molecular formula is C17H18N4OS. The SMILES string of the molecule is Cc1cccc(-c2nc3sc4c(c3c(=O)n2N)CCN(C)C4)c1. The Kier molecular flexibility index (Phi) is 3.25. The molecule has 2 aromatic heterocycles. The Balaban J connectivity index is 1.99. The molecule has 23 heavy (non-hydrogen) atoms. The standard InChI is InChI=1S/C17H18N4OS/c1-10-4-3-5-11(8-10)15-19-16-14(17(22)21(15)18)12-6-7-20(2)9-13(12)23-16/h3-5,8H,6-7,9,18H2,1-2H3. The van der Waals surface area contributed by atoms with Gasteiger partial charge in [-0.1, -0.05) is 23.8 Å². The third-order valence-electron chi connectivity index (χ3n) is 4.37. The molecule has 5 nitrogen and oxygen atoms in total. The summed E-state index contributed by atoms with van der Waals surface area (Å²) in [6.45, 7) is 3.85. The Labute approximate surface area is 138 Å². The molecule has 1 aliphatic heterocycles. The van der Waals surface area contributed by atoms with Gasteiger partial charge in [-0.05, 0) is 32.0 Å². The van der Waals surface area contributed by atoms with Gasteiger partial charge in [-0.15, -0.1) is 11.3 Å². The molecule has 0 unspecified atom stereocenters. The maximum Gasteiger partial charge on any atom is 0.281 e. The van der Waals surface area contributed by atoms with Gasteiger partial charge in [0, 0.05) is 23.5 Å². The quantitative estimate of drug-likeness (QED) is 0.696. The van der Waals surface area contributed by atoms with Crippen LogP contribution in [0.2, 0.25) is 0 Å². The van der Waals surface area contributed by atoms with Crippen molar-refractivity contribution >= 4 is 21.6 Å². The number of thiophene rings is 1. The van der Waals surface area contributed by atoms with Gasteiger partial charge in [-0.2, -0.15) is 0 Å². The second-order valence-electron chi connectivity index (χ2n) is 6.15. The highest BCUT2D eigenvalue weighted by atomic mass is 32.1. The van der Waals surface area contributed by atoms with Crippen molar-refractivity contribution in [3.8, 4) is 11.4 Å². The zero-order valence-corrected chi connectivity index (χ0v) is 14.0. The molecule has 0 atom stereocenters. The number of nitrogens with zero attached hydrogens (tertiary/aromatic N) is 3. The van der Waals surface area contributed by atoms with Crippen LogP contribution in [0, 0.1) is 6.92 Å². The van der Waals surface area contributed by atoms with E-state index in [-0.39, 0.29) is 5.56 Å². The Morgan fingerprint density at radius 1 is 1.35 bits per heavy atom. The Morgan fingerprint density at radius 3 is 2.96 bits per heavy atom. The molecule has 0 spiro atoms. The van der Waals surface area contributed by atoms with Gasteiger partial charge in [0.1, 0.15) is 4.83 Å². The molecule has 2 N–H and O–H groups in total. The van der Waals surface area contributed by atoms with E-state index in [1.807, 2.05) is 31.2 Å². The van der Waals surface area contributed by atoms with E-state index in [0.29, 0.717) is 11.2 Å². The predicted octanol–water partition coefficient (Wildman–Crippen LogP) is 2.14. The highest BCUT2D eigenvalue weighted by Gasteiger charge is 2.23. The number of likely N-dealkylation sites (N-methyl/N-ethyl adjacent to an activating group) is 1. The topological polar surface area (TPSA) is 64.1 Å². The number of fused-ring (bicyclic) bond motifs is 3. The van der Waals surface area contributed by atoms with Crippen LogP contribution < -0.4 is 11.4 Å². The summed E-state index contributed by atoms with van der Waals surface area (Å²) < 4.78 is 1.20. The summed E-state index contributed by atoms with van der Waals surface area (Å²) >= 11 is 1.62. The summed E-state index contributed by atoms with van der Waals surface area (Å²) in [4.78, 5) is 21.8. The number of aromatic nitrogens is 2. The molecule has 6 heteroatoms. The highest BCUT2D eigenvalue weighted by Crippen LogP contribution is 2.33. The molecule has 0 bridgehead atoms. The van der Waals surface area contributed by atoms with Crippen LogP contribution in [-0.4, -0.2) is 28.2 Å². The fourth-order valence-corrected chi connectivity index (χ4v) is 4.46. The van der Waals surface area contributed by atoms with E-state index in [4.69, 9.17) is 10.8 Å². The van der Waals surface area contributed by atoms with Crippen molar-refractivity contribution in [1.29, 1.82) is 0 Å².